The number of carbonyl (C=O) groups excluding carboxylic acids is 1. The van der Waals surface area contributed by atoms with Crippen LogP contribution in [0, 0.1) is 5.92 Å². The topological polar surface area (TPSA) is 41.6 Å². The zero-order valence-electron chi connectivity index (χ0n) is 15.4. The quantitative estimate of drug-likeness (QED) is 0.780. The number of carbonyl (C=O) groups is 1. The van der Waals surface area contributed by atoms with E-state index in [0.29, 0.717) is 22.5 Å². The molecule has 0 spiro atoms. The Balaban J connectivity index is 1.88. The van der Waals surface area contributed by atoms with Gasteiger partial charge in [-0.15, -0.1) is 0 Å². The predicted molar refractivity (Wildman–Crippen MR) is 103 cm³/mol. The molecule has 1 fully saturated rings. The van der Waals surface area contributed by atoms with Gasteiger partial charge < -0.3 is 15.0 Å². The average molecular weight is 387 g/mol. The van der Waals surface area contributed by atoms with Crippen molar-refractivity contribution in [1.82, 2.24) is 10.2 Å². The number of amides is 1. The van der Waals surface area contributed by atoms with Crippen LogP contribution < -0.4 is 5.32 Å². The van der Waals surface area contributed by atoms with Crippen molar-refractivity contribution in [3.05, 3.63) is 33.8 Å². The highest BCUT2D eigenvalue weighted by molar-refractivity contribution is 6.34. The van der Waals surface area contributed by atoms with Crippen molar-refractivity contribution < 1.29 is 9.53 Å². The van der Waals surface area contributed by atoms with E-state index in [1.165, 1.54) is 0 Å². The fourth-order valence-corrected chi connectivity index (χ4v) is 3.64. The Kier molecular flexibility index (Phi) is 7.01. The molecule has 0 radical (unpaired) electrons. The molecule has 2 unspecified atom stereocenters. The molecule has 1 aliphatic heterocycles. The number of nitrogens with zero attached hydrogens (tertiary/aromatic N) is 1. The molecule has 1 aliphatic rings. The lowest BCUT2D eigenvalue weighted by Crippen LogP contribution is -2.47. The van der Waals surface area contributed by atoms with Gasteiger partial charge in [0.1, 0.15) is 5.60 Å². The summed E-state index contributed by atoms with van der Waals surface area (Å²) >= 11 is 12.1. The van der Waals surface area contributed by atoms with Gasteiger partial charge in [-0.1, -0.05) is 23.2 Å². The summed E-state index contributed by atoms with van der Waals surface area (Å²) in [4.78, 5) is 14.1. The van der Waals surface area contributed by atoms with Crippen molar-refractivity contribution in [3.63, 3.8) is 0 Å². The van der Waals surface area contributed by atoms with Crippen molar-refractivity contribution >= 4 is 29.3 Å². The minimum Gasteiger partial charge on any atom is -0.444 e. The molecular weight excluding hydrogens is 359 g/mol. The third kappa shape index (κ3) is 6.69. The van der Waals surface area contributed by atoms with Crippen LogP contribution in [0.2, 0.25) is 10.0 Å². The standard InChI is InChI=1S/C19H28Cl2N2O2/c1-13(22-11-14-8-16(20)10-17(21)9-14)15-6-5-7-23(12-15)18(24)25-19(2,3)4/h8-10,13,15,22H,5-7,11-12H2,1-4H3. The number of nitrogens with one attached hydrogen (secondary N) is 1. The van der Waals surface area contributed by atoms with E-state index in [1.54, 1.807) is 6.07 Å². The van der Waals surface area contributed by atoms with Crippen LogP contribution in [0.3, 0.4) is 0 Å². The normalized spacial score (nSPS) is 19.6. The molecule has 0 bridgehead atoms. The second kappa shape index (κ2) is 8.61. The maximum atomic E-state index is 12.3. The number of halogens is 2. The lowest BCUT2D eigenvalue weighted by Gasteiger charge is -2.36. The maximum absolute atomic E-state index is 12.3. The third-order valence-electron chi connectivity index (χ3n) is 4.37. The lowest BCUT2D eigenvalue weighted by atomic mass is 9.91. The molecule has 6 heteroatoms. The fraction of sp³-hybridized carbons (Fsp3) is 0.632. The minimum absolute atomic E-state index is 0.217. The highest BCUT2D eigenvalue weighted by Gasteiger charge is 2.29. The molecule has 1 aromatic carbocycles. The lowest BCUT2D eigenvalue weighted by molar-refractivity contribution is 0.0148. The Bertz CT molecular complexity index is 581. The van der Waals surface area contributed by atoms with E-state index < -0.39 is 5.60 Å². The van der Waals surface area contributed by atoms with Gasteiger partial charge >= 0.3 is 6.09 Å². The molecule has 1 saturated heterocycles. The van der Waals surface area contributed by atoms with Gasteiger partial charge in [-0.2, -0.15) is 0 Å². The summed E-state index contributed by atoms with van der Waals surface area (Å²) in [6, 6.07) is 5.85. The van der Waals surface area contributed by atoms with Crippen LogP contribution in [0.1, 0.15) is 46.1 Å². The van der Waals surface area contributed by atoms with Crippen LogP contribution in [0.5, 0.6) is 0 Å². The zero-order valence-corrected chi connectivity index (χ0v) is 17.0. The number of ether oxygens (including phenoxy) is 1. The van der Waals surface area contributed by atoms with E-state index >= 15 is 0 Å². The molecule has 4 nitrogen and oxygen atoms in total. The predicted octanol–water partition coefficient (Wildman–Crippen LogP) is 5.12. The first-order chi connectivity index (χ1) is 11.6. The molecule has 1 N–H and O–H groups in total. The highest BCUT2D eigenvalue weighted by atomic mass is 35.5. The molecule has 140 valence electrons. The van der Waals surface area contributed by atoms with Crippen LogP contribution in [-0.4, -0.2) is 35.7 Å². The van der Waals surface area contributed by atoms with Gasteiger partial charge in [-0.05, 0) is 70.2 Å². The van der Waals surface area contributed by atoms with E-state index in [-0.39, 0.29) is 12.1 Å². The minimum atomic E-state index is -0.459. The summed E-state index contributed by atoms with van der Waals surface area (Å²) in [7, 11) is 0. The summed E-state index contributed by atoms with van der Waals surface area (Å²) in [6.45, 7) is 10.0. The van der Waals surface area contributed by atoms with Crippen molar-refractivity contribution in [2.75, 3.05) is 13.1 Å². The Morgan fingerprint density at radius 1 is 1.32 bits per heavy atom. The van der Waals surface area contributed by atoms with Crippen molar-refractivity contribution in [2.45, 2.75) is 58.7 Å². The van der Waals surface area contributed by atoms with Crippen molar-refractivity contribution in [1.29, 1.82) is 0 Å². The zero-order chi connectivity index (χ0) is 18.6. The Morgan fingerprint density at radius 2 is 1.96 bits per heavy atom. The smallest absolute Gasteiger partial charge is 0.410 e. The van der Waals surface area contributed by atoms with Crippen molar-refractivity contribution in [2.24, 2.45) is 5.92 Å². The van der Waals surface area contributed by atoms with Crippen molar-refractivity contribution in [3.8, 4) is 0 Å². The van der Waals surface area contributed by atoms with E-state index in [2.05, 4.69) is 12.2 Å². The highest BCUT2D eigenvalue weighted by Crippen LogP contribution is 2.23. The number of rotatable bonds is 4. The first-order valence-corrected chi connectivity index (χ1v) is 9.56. The van der Waals surface area contributed by atoms with Gasteiger partial charge in [0.25, 0.3) is 0 Å². The summed E-state index contributed by atoms with van der Waals surface area (Å²) < 4.78 is 5.50. The van der Waals surface area contributed by atoms with E-state index in [4.69, 9.17) is 27.9 Å². The van der Waals surface area contributed by atoms with E-state index in [0.717, 1.165) is 31.5 Å². The van der Waals surface area contributed by atoms with Crippen LogP contribution in [0.25, 0.3) is 0 Å². The summed E-state index contributed by atoms with van der Waals surface area (Å²) in [5.41, 5.74) is 0.601. The third-order valence-corrected chi connectivity index (χ3v) is 4.80. The average Bonchev–Trinajstić information content (AvgIpc) is 2.50. The van der Waals surface area contributed by atoms with Gasteiger partial charge in [0, 0.05) is 35.7 Å². The van der Waals surface area contributed by atoms with Crippen LogP contribution in [0.15, 0.2) is 18.2 Å². The molecule has 25 heavy (non-hydrogen) atoms. The molecular formula is C19H28Cl2N2O2. The SMILES string of the molecule is CC(NCc1cc(Cl)cc(Cl)c1)C1CCCN(C(=O)OC(C)(C)C)C1. The van der Waals surface area contributed by atoms with Crippen LogP contribution in [-0.2, 0) is 11.3 Å². The molecule has 0 saturated carbocycles. The molecule has 1 aromatic rings. The Morgan fingerprint density at radius 3 is 2.56 bits per heavy atom. The molecule has 0 aliphatic carbocycles. The fourth-order valence-electron chi connectivity index (χ4n) is 3.07. The van der Waals surface area contributed by atoms with Crippen LogP contribution >= 0.6 is 23.2 Å². The van der Waals surface area contributed by atoms with Gasteiger partial charge in [-0.25, -0.2) is 4.79 Å². The number of likely N-dealkylation sites (tertiary alicyclic amines) is 1. The first kappa shape index (κ1) is 20.3. The van der Waals surface area contributed by atoms with Gasteiger partial charge in [0.05, 0.1) is 0 Å². The number of hydrogen-bond acceptors (Lipinski definition) is 3. The molecule has 0 aromatic heterocycles. The van der Waals surface area contributed by atoms with Crippen LogP contribution in [0.4, 0.5) is 4.79 Å². The largest absolute Gasteiger partial charge is 0.444 e. The second-order valence-electron chi connectivity index (χ2n) is 7.78. The van der Waals surface area contributed by atoms with E-state index in [1.807, 2.05) is 37.8 Å². The molecule has 2 atom stereocenters. The van der Waals surface area contributed by atoms with Gasteiger partial charge in [-0.3, -0.25) is 0 Å². The summed E-state index contributed by atoms with van der Waals surface area (Å²) in [5.74, 6) is 0.399. The number of piperidine rings is 1. The summed E-state index contributed by atoms with van der Waals surface area (Å²) in [5, 5.41) is 4.82. The number of benzene rings is 1. The van der Waals surface area contributed by atoms with Gasteiger partial charge in [0.15, 0.2) is 0 Å². The monoisotopic (exact) mass is 386 g/mol. The Labute approximate surface area is 160 Å². The molecule has 1 amide bonds. The number of hydrogen-bond donors (Lipinski definition) is 1. The van der Waals surface area contributed by atoms with E-state index in [9.17, 15) is 4.79 Å². The molecule has 1 heterocycles. The Hall–Kier alpha value is -0.970. The summed E-state index contributed by atoms with van der Waals surface area (Å²) in [6.07, 6.45) is 1.88. The molecule has 2 rings (SSSR count). The maximum Gasteiger partial charge on any atom is 0.410 e. The first-order valence-electron chi connectivity index (χ1n) is 8.80. The van der Waals surface area contributed by atoms with Gasteiger partial charge in [0.2, 0.25) is 0 Å². The second-order valence-corrected chi connectivity index (χ2v) is 8.65.